The molecule has 0 fully saturated rings. The van der Waals surface area contributed by atoms with Crippen molar-refractivity contribution in [2.75, 3.05) is 0 Å². The molecule has 0 unspecified atom stereocenters. The number of fused-ring (bicyclic) bond motifs is 8. The minimum absolute atomic E-state index is 0. The van der Waals surface area contributed by atoms with Gasteiger partial charge in [0, 0.05) is 22.1 Å². The van der Waals surface area contributed by atoms with Gasteiger partial charge in [-0.1, -0.05) is 0 Å². The summed E-state index contributed by atoms with van der Waals surface area (Å²) in [6.45, 7) is 40.0. The van der Waals surface area contributed by atoms with Gasteiger partial charge in [-0.05, 0) is 72.8 Å². The first kappa shape index (κ1) is 48.0. The Labute approximate surface area is 267 Å². The molecule has 0 saturated heterocycles. The standard InChI is InChI=1S/C20H14N4.8C2H5.Ru/c1-2-14-10-16-5-6-18(23-16)12-20-8-7-19(24-20)11-17-4-3-15(22-17)9-13(1)21-14;8*1-2;/h1-12,21-22H;8*1H2,2H3;/q;8*-1;+8. The molecule has 5 rings (SSSR count). The molecule has 0 aromatic carbocycles. The van der Waals surface area contributed by atoms with E-state index in [0.717, 1.165) is 44.8 Å². The topological polar surface area (TPSA) is 57.4 Å². The molecule has 2 aliphatic rings. The van der Waals surface area contributed by atoms with E-state index in [-0.39, 0.29) is 19.5 Å². The Kier molecular flexibility index (Phi) is 41.3. The molecule has 5 heterocycles. The van der Waals surface area contributed by atoms with E-state index in [1.807, 2.05) is 42.5 Å². The van der Waals surface area contributed by atoms with Crippen molar-refractivity contribution in [3.8, 4) is 0 Å². The predicted octanol–water partition coefficient (Wildman–Crippen LogP) is 11.4. The molecule has 0 radical (unpaired) electrons. The van der Waals surface area contributed by atoms with Crippen LogP contribution in [0.1, 0.15) is 78.2 Å². The van der Waals surface area contributed by atoms with Gasteiger partial charge in [-0.15, -0.1) is 0 Å². The van der Waals surface area contributed by atoms with E-state index in [9.17, 15) is 0 Å². The van der Waals surface area contributed by atoms with E-state index in [0.29, 0.717) is 0 Å². The van der Waals surface area contributed by atoms with Gasteiger partial charge in [0.2, 0.25) is 0 Å². The minimum Gasteiger partial charge on any atom is -0.355 e. The second kappa shape index (κ2) is 35.3. The molecule has 2 aliphatic heterocycles. The number of rotatable bonds is 0. The molecule has 41 heavy (non-hydrogen) atoms. The Balaban J connectivity index is -0.000000222. The monoisotopic (exact) mass is 644 g/mol. The smallest absolute Gasteiger partial charge is 0.355 e. The first-order valence-electron chi connectivity index (χ1n) is 13.5. The zero-order chi connectivity index (χ0) is 31.9. The molecule has 3 aromatic rings. The predicted molar refractivity (Wildman–Crippen MR) is 187 cm³/mol. The largest absolute Gasteiger partial charge is 8.00 e. The zero-order valence-electron chi connectivity index (χ0n) is 26.8. The van der Waals surface area contributed by atoms with E-state index in [1.165, 1.54) is 0 Å². The molecule has 0 aliphatic carbocycles. The van der Waals surface area contributed by atoms with Gasteiger partial charge in [-0.25, -0.2) is 9.97 Å². The molecule has 0 spiro atoms. The normalized spacial score (nSPS) is 8.59. The molecule has 0 saturated carbocycles. The zero-order valence-corrected chi connectivity index (χ0v) is 28.6. The number of aromatic amines is 2. The maximum Gasteiger partial charge on any atom is 8.00 e. The summed E-state index contributed by atoms with van der Waals surface area (Å²) in [6, 6.07) is 16.4. The minimum atomic E-state index is 0. The molecule has 5 heteroatoms. The SMILES string of the molecule is C1=Cc2cc3ccc(cc4ccc(cc5nc(cc1n2)C=C5)[nH]4)[nH]3.[CH2-]C.[CH2-]C.[CH2-]C.[CH2-]C.[CH2-]C.[CH2-]C.[CH2-]C.[CH2-]C.[Ru+8]. The van der Waals surface area contributed by atoms with Crippen LogP contribution in [0.3, 0.4) is 0 Å². The van der Waals surface area contributed by atoms with Crippen molar-refractivity contribution in [3.05, 3.63) is 127 Å². The third-order valence-corrected chi connectivity index (χ3v) is 4.04. The average molecular weight is 644 g/mol. The summed E-state index contributed by atoms with van der Waals surface area (Å²) in [5, 5.41) is 0. The van der Waals surface area contributed by atoms with Gasteiger partial charge in [0.25, 0.3) is 0 Å². The summed E-state index contributed by atoms with van der Waals surface area (Å²) in [7, 11) is 0. The first-order chi connectivity index (χ1) is 19.8. The van der Waals surface area contributed by atoms with Crippen LogP contribution < -0.4 is 0 Å². The van der Waals surface area contributed by atoms with E-state index in [4.69, 9.17) is 0 Å². The van der Waals surface area contributed by atoms with Gasteiger partial charge in [0.05, 0.1) is 22.8 Å². The van der Waals surface area contributed by atoms with E-state index >= 15 is 0 Å². The Morgan fingerprint density at radius 2 is 0.585 bits per heavy atom. The van der Waals surface area contributed by atoms with Gasteiger partial charge in [-0.2, -0.15) is 55.4 Å². The Morgan fingerprint density at radius 1 is 0.366 bits per heavy atom. The van der Waals surface area contributed by atoms with E-state index in [1.54, 1.807) is 55.4 Å². The number of nitrogens with one attached hydrogen (secondary N) is 2. The number of H-pyrrole nitrogens is 2. The van der Waals surface area contributed by atoms with Crippen molar-refractivity contribution in [3.63, 3.8) is 0 Å². The summed E-state index contributed by atoms with van der Waals surface area (Å²) in [5.41, 5.74) is 7.86. The Hall–Kier alpha value is -2.78. The van der Waals surface area contributed by atoms with Crippen LogP contribution in [-0.2, 0) is 19.5 Å². The van der Waals surface area contributed by atoms with Crippen molar-refractivity contribution in [1.29, 1.82) is 0 Å². The molecular formula is C36H54N4Ru. The number of aromatic nitrogens is 4. The van der Waals surface area contributed by atoms with E-state index in [2.05, 4.69) is 106 Å². The van der Waals surface area contributed by atoms with Gasteiger partial charge in [0.1, 0.15) is 0 Å². The van der Waals surface area contributed by atoms with Gasteiger partial charge < -0.3 is 65.4 Å². The van der Waals surface area contributed by atoms with Crippen molar-refractivity contribution in [1.82, 2.24) is 19.9 Å². The molecule has 0 atom stereocenters. The summed E-state index contributed by atoms with van der Waals surface area (Å²) in [6.07, 6.45) is 8.05. The molecule has 3 aromatic heterocycles. The summed E-state index contributed by atoms with van der Waals surface area (Å²) in [4.78, 5) is 16.0. The quantitative estimate of drug-likeness (QED) is 0.130. The molecule has 226 valence electrons. The maximum atomic E-state index is 4.62. The molecular weight excluding hydrogens is 589 g/mol. The second-order valence-corrected chi connectivity index (χ2v) is 5.91. The first-order valence-corrected chi connectivity index (χ1v) is 13.5. The van der Waals surface area contributed by atoms with E-state index < -0.39 is 0 Å². The Morgan fingerprint density at radius 3 is 0.854 bits per heavy atom. The van der Waals surface area contributed by atoms with Crippen LogP contribution in [0.25, 0.3) is 46.4 Å². The van der Waals surface area contributed by atoms with Gasteiger partial charge >= 0.3 is 19.5 Å². The van der Waals surface area contributed by atoms with Crippen molar-refractivity contribution < 1.29 is 19.5 Å². The number of hydrogen-bond donors (Lipinski definition) is 2. The summed E-state index contributed by atoms with van der Waals surface area (Å²) in [5.74, 6) is 0. The fourth-order valence-corrected chi connectivity index (χ4v) is 2.94. The molecule has 4 nitrogen and oxygen atoms in total. The third kappa shape index (κ3) is 19.1. The van der Waals surface area contributed by atoms with Crippen LogP contribution in [0.15, 0.2) is 48.5 Å². The van der Waals surface area contributed by atoms with Crippen molar-refractivity contribution in [2.24, 2.45) is 0 Å². The van der Waals surface area contributed by atoms with Crippen LogP contribution in [0.4, 0.5) is 0 Å². The number of hydrogen-bond acceptors (Lipinski definition) is 2. The Bertz CT molecular complexity index is 1080. The fraction of sp³-hybridized carbons (Fsp3) is 0.222. The van der Waals surface area contributed by atoms with Crippen LogP contribution >= 0.6 is 0 Å². The van der Waals surface area contributed by atoms with Crippen LogP contribution in [0, 0.1) is 55.4 Å². The summed E-state index contributed by atoms with van der Waals surface area (Å²) < 4.78 is 0. The van der Waals surface area contributed by atoms with Crippen molar-refractivity contribution in [2.45, 2.75) is 55.4 Å². The molecule has 8 bridgehead atoms. The van der Waals surface area contributed by atoms with Crippen LogP contribution in [0.2, 0.25) is 0 Å². The fourth-order valence-electron chi connectivity index (χ4n) is 2.94. The number of nitrogens with zero attached hydrogens (tertiary/aromatic N) is 2. The molecule has 2 N–H and O–H groups in total. The van der Waals surface area contributed by atoms with Gasteiger partial charge in [0.15, 0.2) is 0 Å². The van der Waals surface area contributed by atoms with Crippen LogP contribution in [0.5, 0.6) is 0 Å². The molecule has 0 amide bonds. The maximum absolute atomic E-state index is 4.62. The average Bonchev–Trinajstić information content (AvgIpc) is 3.88. The van der Waals surface area contributed by atoms with Crippen LogP contribution in [-0.4, -0.2) is 19.9 Å². The third-order valence-electron chi connectivity index (χ3n) is 4.04. The summed E-state index contributed by atoms with van der Waals surface area (Å²) >= 11 is 0. The van der Waals surface area contributed by atoms with Crippen molar-refractivity contribution >= 4 is 46.4 Å². The van der Waals surface area contributed by atoms with Gasteiger partial charge in [-0.3, -0.25) is 0 Å². The second-order valence-electron chi connectivity index (χ2n) is 5.91.